The second-order valence-corrected chi connectivity index (χ2v) is 15.0. The van der Waals surface area contributed by atoms with Gasteiger partial charge in [0.2, 0.25) is 0 Å². The first-order chi connectivity index (χ1) is 27.8. The second kappa shape index (κ2) is 13.3. The molecule has 4 heterocycles. The standard InChI is InChI=1S/C51H31N3OS/c1-2-13-33(14-3-1)44-31-45(37-16-5-4-15-36(37)43-21-10-11-30-52-43)54-51(53-44)34-26-24-32(25-27-34)35-28-29-39(48-42-18-6-8-22-46(42)55-49(35)48)41-20-12-19-40-38-17-7-9-23-47(38)56-50(40)41/h1-31H. The van der Waals surface area contributed by atoms with E-state index in [1.165, 1.54) is 31.3 Å². The third kappa shape index (κ3) is 5.40. The van der Waals surface area contributed by atoms with E-state index in [2.05, 4.69) is 132 Å². The van der Waals surface area contributed by atoms with Crippen LogP contribution in [0.15, 0.2) is 193 Å². The number of pyridine rings is 1. The Labute approximate surface area is 327 Å². The van der Waals surface area contributed by atoms with Gasteiger partial charge in [0, 0.05) is 70.5 Å². The minimum Gasteiger partial charge on any atom is -0.455 e. The molecule has 5 heteroatoms. The molecule has 0 atom stereocenters. The molecule has 0 bridgehead atoms. The zero-order chi connectivity index (χ0) is 37.0. The summed E-state index contributed by atoms with van der Waals surface area (Å²) in [4.78, 5) is 15.0. The monoisotopic (exact) mass is 733 g/mol. The van der Waals surface area contributed by atoms with Gasteiger partial charge in [0.25, 0.3) is 0 Å². The summed E-state index contributed by atoms with van der Waals surface area (Å²) in [7, 11) is 0. The first kappa shape index (κ1) is 32.2. The highest BCUT2D eigenvalue weighted by Gasteiger charge is 2.20. The molecule has 0 unspecified atom stereocenters. The molecule has 56 heavy (non-hydrogen) atoms. The number of thiophene rings is 1. The number of furan rings is 1. The van der Waals surface area contributed by atoms with E-state index in [4.69, 9.17) is 14.4 Å². The van der Waals surface area contributed by atoms with Crippen molar-refractivity contribution in [2.45, 2.75) is 0 Å². The number of hydrogen-bond donors (Lipinski definition) is 0. The van der Waals surface area contributed by atoms with Crippen molar-refractivity contribution in [1.29, 1.82) is 0 Å². The van der Waals surface area contributed by atoms with Crippen LogP contribution in [0, 0.1) is 0 Å². The predicted octanol–water partition coefficient (Wildman–Crippen LogP) is 14.1. The third-order valence-corrected chi connectivity index (χ3v) is 11.8. The Morgan fingerprint density at radius 3 is 1.91 bits per heavy atom. The van der Waals surface area contributed by atoms with E-state index < -0.39 is 0 Å². The lowest BCUT2D eigenvalue weighted by molar-refractivity contribution is 0.670. The van der Waals surface area contributed by atoms with Crippen molar-refractivity contribution in [3.63, 3.8) is 0 Å². The Balaban J connectivity index is 1.05. The van der Waals surface area contributed by atoms with Crippen LogP contribution >= 0.6 is 11.3 Å². The average Bonchev–Trinajstić information content (AvgIpc) is 3.86. The first-order valence-electron chi connectivity index (χ1n) is 18.7. The molecule has 0 fully saturated rings. The van der Waals surface area contributed by atoms with Crippen LogP contribution < -0.4 is 0 Å². The van der Waals surface area contributed by atoms with E-state index in [9.17, 15) is 0 Å². The Hall–Kier alpha value is -7.21. The smallest absolute Gasteiger partial charge is 0.160 e. The summed E-state index contributed by atoms with van der Waals surface area (Å²) in [5, 5.41) is 4.81. The molecule has 0 N–H and O–H groups in total. The van der Waals surface area contributed by atoms with Crippen LogP contribution in [0.2, 0.25) is 0 Å². The molecular formula is C51H31N3OS. The van der Waals surface area contributed by atoms with Crippen LogP contribution in [0.4, 0.5) is 0 Å². The molecule has 262 valence electrons. The van der Waals surface area contributed by atoms with Crippen LogP contribution in [0.3, 0.4) is 0 Å². The Morgan fingerprint density at radius 1 is 0.411 bits per heavy atom. The summed E-state index contributed by atoms with van der Waals surface area (Å²) in [5.74, 6) is 0.657. The molecule has 0 amide bonds. The number of benzene rings is 7. The summed E-state index contributed by atoms with van der Waals surface area (Å²) in [6, 6.07) is 63.4. The average molecular weight is 734 g/mol. The normalized spacial score (nSPS) is 11.6. The summed E-state index contributed by atoms with van der Waals surface area (Å²) >= 11 is 1.85. The highest BCUT2D eigenvalue weighted by Crippen LogP contribution is 2.46. The van der Waals surface area contributed by atoms with E-state index in [-0.39, 0.29) is 0 Å². The maximum absolute atomic E-state index is 6.74. The fraction of sp³-hybridized carbons (Fsp3) is 0. The molecule has 11 rings (SSSR count). The van der Waals surface area contributed by atoms with Gasteiger partial charge in [0.1, 0.15) is 11.2 Å². The quantitative estimate of drug-likeness (QED) is 0.171. The molecule has 0 spiro atoms. The van der Waals surface area contributed by atoms with Crippen molar-refractivity contribution in [2.24, 2.45) is 0 Å². The van der Waals surface area contributed by atoms with Gasteiger partial charge in [-0.3, -0.25) is 4.98 Å². The first-order valence-corrected chi connectivity index (χ1v) is 19.5. The maximum atomic E-state index is 6.74. The van der Waals surface area contributed by atoms with Gasteiger partial charge in [-0.25, -0.2) is 9.97 Å². The van der Waals surface area contributed by atoms with Crippen molar-refractivity contribution in [1.82, 2.24) is 15.0 Å². The van der Waals surface area contributed by atoms with E-state index in [0.717, 1.165) is 72.4 Å². The van der Waals surface area contributed by atoms with Gasteiger partial charge in [-0.15, -0.1) is 11.3 Å². The Kier molecular flexibility index (Phi) is 7.64. The summed E-state index contributed by atoms with van der Waals surface area (Å²) in [6.07, 6.45) is 1.83. The van der Waals surface area contributed by atoms with Crippen molar-refractivity contribution in [2.75, 3.05) is 0 Å². The molecule has 0 radical (unpaired) electrons. The lowest BCUT2D eigenvalue weighted by atomic mass is 9.93. The van der Waals surface area contributed by atoms with E-state index >= 15 is 0 Å². The lowest BCUT2D eigenvalue weighted by Crippen LogP contribution is -1.97. The highest BCUT2D eigenvalue weighted by molar-refractivity contribution is 7.26. The SMILES string of the molecule is c1ccc(-c2cc(-c3ccccc3-c3ccccn3)nc(-c3ccc(-c4ccc(-c5cccc6c5sc5ccccc56)c5c4oc4ccccc45)cc3)n2)cc1. The van der Waals surface area contributed by atoms with Crippen LogP contribution in [-0.4, -0.2) is 15.0 Å². The number of nitrogens with zero attached hydrogens (tertiary/aromatic N) is 3. The Morgan fingerprint density at radius 2 is 1.07 bits per heavy atom. The van der Waals surface area contributed by atoms with Crippen LogP contribution in [0.1, 0.15) is 0 Å². The highest BCUT2D eigenvalue weighted by atomic mass is 32.1. The summed E-state index contributed by atoms with van der Waals surface area (Å²) in [5.41, 5.74) is 12.8. The summed E-state index contributed by atoms with van der Waals surface area (Å²) < 4.78 is 9.32. The molecule has 0 saturated heterocycles. The van der Waals surface area contributed by atoms with Gasteiger partial charge in [-0.05, 0) is 47.5 Å². The molecule has 0 saturated carbocycles. The summed E-state index contributed by atoms with van der Waals surface area (Å²) in [6.45, 7) is 0. The third-order valence-electron chi connectivity index (χ3n) is 10.6. The fourth-order valence-electron chi connectivity index (χ4n) is 7.96. The fourth-order valence-corrected chi connectivity index (χ4v) is 9.19. The van der Waals surface area contributed by atoms with E-state index in [1.54, 1.807) is 0 Å². The Bertz CT molecular complexity index is 3240. The number of aromatic nitrogens is 3. The predicted molar refractivity (Wildman–Crippen MR) is 233 cm³/mol. The van der Waals surface area contributed by atoms with Gasteiger partial charge in [0.05, 0.1) is 17.1 Å². The minimum absolute atomic E-state index is 0.657. The van der Waals surface area contributed by atoms with E-state index in [1.807, 2.05) is 72.1 Å². The van der Waals surface area contributed by atoms with Gasteiger partial charge < -0.3 is 4.42 Å². The van der Waals surface area contributed by atoms with E-state index in [0.29, 0.717) is 5.82 Å². The molecule has 7 aromatic carbocycles. The largest absolute Gasteiger partial charge is 0.455 e. The number of hydrogen-bond acceptors (Lipinski definition) is 5. The van der Waals surface area contributed by atoms with Gasteiger partial charge >= 0.3 is 0 Å². The number of rotatable bonds is 6. The lowest BCUT2D eigenvalue weighted by Gasteiger charge is -2.13. The second-order valence-electron chi connectivity index (χ2n) is 13.9. The molecule has 11 aromatic rings. The van der Waals surface area contributed by atoms with Crippen molar-refractivity contribution >= 4 is 53.4 Å². The van der Waals surface area contributed by atoms with Crippen LogP contribution in [0.5, 0.6) is 0 Å². The number of para-hydroxylation sites is 1. The molecule has 4 nitrogen and oxygen atoms in total. The van der Waals surface area contributed by atoms with Crippen LogP contribution in [-0.2, 0) is 0 Å². The number of fused-ring (bicyclic) bond motifs is 6. The molecule has 0 aliphatic rings. The minimum atomic E-state index is 0.657. The van der Waals surface area contributed by atoms with Gasteiger partial charge in [0.15, 0.2) is 5.82 Å². The van der Waals surface area contributed by atoms with Gasteiger partial charge in [-0.2, -0.15) is 0 Å². The zero-order valence-corrected chi connectivity index (χ0v) is 30.9. The topological polar surface area (TPSA) is 51.8 Å². The van der Waals surface area contributed by atoms with Crippen LogP contribution in [0.25, 0.3) is 110 Å². The van der Waals surface area contributed by atoms with Crippen molar-refractivity contribution in [3.05, 3.63) is 188 Å². The zero-order valence-electron chi connectivity index (χ0n) is 30.1. The maximum Gasteiger partial charge on any atom is 0.160 e. The molecule has 0 aliphatic carbocycles. The molecular weight excluding hydrogens is 703 g/mol. The van der Waals surface area contributed by atoms with Crippen molar-refractivity contribution in [3.8, 4) is 67.4 Å². The van der Waals surface area contributed by atoms with Crippen molar-refractivity contribution < 1.29 is 4.42 Å². The molecule has 0 aliphatic heterocycles. The molecule has 4 aromatic heterocycles. The van der Waals surface area contributed by atoms with Gasteiger partial charge in [-0.1, -0.05) is 146 Å².